The van der Waals surface area contributed by atoms with Crippen molar-refractivity contribution in [3.05, 3.63) is 69.8 Å². The molecule has 7 nitrogen and oxygen atoms in total. The number of halogens is 2. The summed E-state index contributed by atoms with van der Waals surface area (Å²) in [5.41, 5.74) is 1.72. The van der Waals surface area contributed by atoms with Crippen LogP contribution < -0.4 is 10.1 Å². The minimum absolute atomic E-state index is 0.131. The lowest BCUT2D eigenvalue weighted by molar-refractivity contribution is -0.116. The third-order valence-electron chi connectivity index (χ3n) is 5.23. The molecule has 0 saturated carbocycles. The zero-order valence-corrected chi connectivity index (χ0v) is 21.4. The summed E-state index contributed by atoms with van der Waals surface area (Å²) in [4.78, 5) is 27.3. The summed E-state index contributed by atoms with van der Waals surface area (Å²) in [5, 5.41) is 8.27. The van der Waals surface area contributed by atoms with E-state index in [1.807, 2.05) is 58.0 Å². The number of hydrogen-bond acceptors (Lipinski definition) is 4. The Morgan fingerprint density at radius 2 is 1.74 bits per heavy atom. The molecule has 0 aliphatic heterocycles. The summed E-state index contributed by atoms with van der Waals surface area (Å²) in [6.45, 7) is 8.17. The number of hydrogen-bond donors (Lipinski definition) is 1. The first-order chi connectivity index (χ1) is 16.0. The van der Waals surface area contributed by atoms with E-state index >= 15 is 0 Å². The van der Waals surface area contributed by atoms with E-state index in [-0.39, 0.29) is 28.8 Å². The van der Waals surface area contributed by atoms with E-state index in [1.54, 1.807) is 23.9 Å². The third-order valence-corrected chi connectivity index (χ3v) is 5.97. The van der Waals surface area contributed by atoms with Gasteiger partial charge in [0.2, 0.25) is 5.91 Å². The lowest BCUT2D eigenvalue weighted by atomic mass is 9.92. The molecule has 0 saturated heterocycles. The molecular weight excluding hydrogens is 475 g/mol. The number of aromatic nitrogens is 2. The number of nitrogens with one attached hydrogen (secondary N) is 1. The van der Waals surface area contributed by atoms with E-state index in [4.69, 9.17) is 33.0 Å². The standard InChI is InChI=1S/C25H28Cl2N4O3/c1-6-30(24(33)16-7-12-19(26)20(27)13-16)15-23(32)28-22-14-21(25(2,3)4)29-31(22)17-8-10-18(34-5)11-9-17/h7-14H,6,15H2,1-5H3,(H,28,32). The average molecular weight is 503 g/mol. The molecule has 0 aliphatic rings. The van der Waals surface area contributed by atoms with Gasteiger partial charge in [0.15, 0.2) is 0 Å². The molecule has 34 heavy (non-hydrogen) atoms. The third kappa shape index (κ3) is 5.90. The maximum atomic E-state index is 13.0. The predicted molar refractivity (Wildman–Crippen MR) is 135 cm³/mol. The van der Waals surface area contributed by atoms with Crippen LogP contribution in [-0.2, 0) is 10.2 Å². The van der Waals surface area contributed by atoms with Gasteiger partial charge >= 0.3 is 0 Å². The van der Waals surface area contributed by atoms with Gasteiger partial charge in [-0.15, -0.1) is 0 Å². The molecule has 0 atom stereocenters. The Morgan fingerprint density at radius 3 is 2.29 bits per heavy atom. The Hall–Kier alpha value is -3.03. The summed E-state index contributed by atoms with van der Waals surface area (Å²) in [7, 11) is 1.60. The lowest BCUT2D eigenvalue weighted by Crippen LogP contribution is -2.38. The van der Waals surface area contributed by atoms with Crippen molar-refractivity contribution in [3.8, 4) is 11.4 Å². The number of amides is 2. The quantitative estimate of drug-likeness (QED) is 0.456. The molecule has 0 aliphatic carbocycles. The van der Waals surface area contributed by atoms with Crippen LogP contribution in [0.2, 0.25) is 10.0 Å². The number of rotatable bonds is 7. The van der Waals surface area contributed by atoms with Gasteiger partial charge in [-0.3, -0.25) is 9.59 Å². The number of benzene rings is 2. The molecule has 9 heteroatoms. The maximum absolute atomic E-state index is 13.0. The molecule has 2 aromatic carbocycles. The van der Waals surface area contributed by atoms with Crippen LogP contribution in [0, 0.1) is 0 Å². The van der Waals surface area contributed by atoms with E-state index in [1.165, 1.54) is 11.0 Å². The summed E-state index contributed by atoms with van der Waals surface area (Å²) >= 11 is 12.0. The van der Waals surface area contributed by atoms with Gasteiger partial charge in [0.25, 0.3) is 5.91 Å². The van der Waals surface area contributed by atoms with Crippen molar-refractivity contribution in [1.82, 2.24) is 14.7 Å². The molecule has 3 rings (SSSR count). The van der Waals surface area contributed by atoms with Crippen LogP contribution in [0.5, 0.6) is 5.75 Å². The molecule has 1 aromatic heterocycles. The topological polar surface area (TPSA) is 76.5 Å². The van der Waals surface area contributed by atoms with Gasteiger partial charge in [-0.2, -0.15) is 5.10 Å². The molecule has 1 heterocycles. The fraction of sp³-hybridized carbons (Fsp3) is 0.320. The van der Waals surface area contributed by atoms with Crippen molar-refractivity contribution in [1.29, 1.82) is 0 Å². The summed E-state index contributed by atoms with van der Waals surface area (Å²) in [6, 6.07) is 13.9. The van der Waals surface area contributed by atoms with Crippen LogP contribution in [0.1, 0.15) is 43.7 Å². The second-order valence-electron chi connectivity index (χ2n) is 8.77. The van der Waals surface area contributed by atoms with Crippen molar-refractivity contribution in [3.63, 3.8) is 0 Å². The minimum Gasteiger partial charge on any atom is -0.497 e. The molecule has 0 spiro atoms. The number of carbonyl (C=O) groups excluding carboxylic acids is 2. The summed E-state index contributed by atoms with van der Waals surface area (Å²) in [6.07, 6.45) is 0. The number of carbonyl (C=O) groups is 2. The monoisotopic (exact) mass is 502 g/mol. The zero-order valence-electron chi connectivity index (χ0n) is 19.9. The highest BCUT2D eigenvalue weighted by Gasteiger charge is 2.23. The Labute approximate surface area is 209 Å². The Balaban J connectivity index is 1.84. The van der Waals surface area contributed by atoms with Gasteiger partial charge in [0, 0.05) is 23.6 Å². The molecule has 2 amide bonds. The van der Waals surface area contributed by atoms with E-state index in [2.05, 4.69) is 5.32 Å². The fourth-order valence-corrected chi connectivity index (χ4v) is 3.55. The van der Waals surface area contributed by atoms with Crippen LogP contribution in [0.4, 0.5) is 5.82 Å². The van der Waals surface area contributed by atoms with Crippen LogP contribution >= 0.6 is 23.2 Å². The smallest absolute Gasteiger partial charge is 0.254 e. The van der Waals surface area contributed by atoms with Crippen molar-refractivity contribution in [2.45, 2.75) is 33.1 Å². The molecule has 3 aromatic rings. The van der Waals surface area contributed by atoms with Gasteiger partial charge in [0.1, 0.15) is 18.1 Å². The Morgan fingerprint density at radius 1 is 1.06 bits per heavy atom. The molecule has 0 bridgehead atoms. The molecule has 0 unspecified atom stereocenters. The first-order valence-corrected chi connectivity index (χ1v) is 11.6. The van der Waals surface area contributed by atoms with Gasteiger partial charge in [-0.1, -0.05) is 44.0 Å². The molecule has 180 valence electrons. The largest absolute Gasteiger partial charge is 0.497 e. The van der Waals surface area contributed by atoms with Crippen LogP contribution in [-0.4, -0.2) is 46.7 Å². The lowest BCUT2D eigenvalue weighted by Gasteiger charge is -2.21. The van der Waals surface area contributed by atoms with Crippen LogP contribution in [0.25, 0.3) is 5.69 Å². The van der Waals surface area contributed by atoms with Gasteiger partial charge < -0.3 is 15.0 Å². The minimum atomic E-state index is -0.342. The first-order valence-electron chi connectivity index (χ1n) is 10.8. The normalized spacial score (nSPS) is 11.3. The summed E-state index contributed by atoms with van der Waals surface area (Å²) in [5.74, 6) is 0.579. The van der Waals surface area contributed by atoms with Gasteiger partial charge in [-0.05, 0) is 49.4 Å². The molecule has 0 radical (unpaired) electrons. The van der Waals surface area contributed by atoms with Crippen LogP contribution in [0.15, 0.2) is 48.5 Å². The van der Waals surface area contributed by atoms with Crippen molar-refractivity contribution in [2.24, 2.45) is 0 Å². The van der Waals surface area contributed by atoms with Gasteiger partial charge in [-0.25, -0.2) is 4.68 Å². The number of ether oxygens (including phenoxy) is 1. The molecule has 0 fully saturated rings. The highest BCUT2D eigenvalue weighted by Crippen LogP contribution is 2.27. The predicted octanol–water partition coefficient (Wildman–Crippen LogP) is 5.59. The molecule has 1 N–H and O–H groups in total. The van der Waals surface area contributed by atoms with Crippen molar-refractivity contribution >= 4 is 40.8 Å². The Kier molecular flexibility index (Phi) is 7.89. The van der Waals surface area contributed by atoms with Crippen molar-refractivity contribution < 1.29 is 14.3 Å². The SMILES string of the molecule is CCN(CC(=O)Nc1cc(C(C)(C)C)nn1-c1ccc(OC)cc1)C(=O)c1ccc(Cl)c(Cl)c1. The van der Waals surface area contributed by atoms with E-state index in [0.717, 1.165) is 17.1 Å². The average Bonchev–Trinajstić information content (AvgIpc) is 3.23. The zero-order chi connectivity index (χ0) is 25.0. The first kappa shape index (κ1) is 25.6. The van der Waals surface area contributed by atoms with E-state index < -0.39 is 0 Å². The fourth-order valence-electron chi connectivity index (χ4n) is 3.25. The number of nitrogens with zero attached hydrogens (tertiary/aromatic N) is 3. The second kappa shape index (κ2) is 10.5. The molecular formula is C25H28Cl2N4O3. The Bertz CT molecular complexity index is 1180. The maximum Gasteiger partial charge on any atom is 0.254 e. The number of methoxy groups -OCH3 is 1. The van der Waals surface area contributed by atoms with E-state index in [9.17, 15) is 9.59 Å². The number of anilines is 1. The number of likely N-dealkylation sites (N-methyl/N-ethyl adjacent to an activating group) is 1. The summed E-state index contributed by atoms with van der Waals surface area (Å²) < 4.78 is 6.91. The van der Waals surface area contributed by atoms with E-state index in [0.29, 0.717) is 22.9 Å². The van der Waals surface area contributed by atoms with Gasteiger partial charge in [0.05, 0.1) is 28.5 Å². The van der Waals surface area contributed by atoms with Crippen molar-refractivity contribution in [2.75, 3.05) is 25.5 Å². The van der Waals surface area contributed by atoms with Crippen LogP contribution in [0.3, 0.4) is 0 Å². The second-order valence-corrected chi connectivity index (χ2v) is 9.59. The highest BCUT2D eigenvalue weighted by atomic mass is 35.5. The highest BCUT2D eigenvalue weighted by molar-refractivity contribution is 6.42.